The summed E-state index contributed by atoms with van der Waals surface area (Å²) >= 11 is 12.0. The van der Waals surface area contributed by atoms with Crippen LogP contribution in [0.3, 0.4) is 0 Å². The molecule has 0 aliphatic heterocycles. The summed E-state index contributed by atoms with van der Waals surface area (Å²) in [5.74, 6) is -1.96. The molecule has 0 spiro atoms. The molecule has 7 heteroatoms. The Morgan fingerprint density at radius 2 is 2.04 bits per heavy atom. The van der Waals surface area contributed by atoms with Gasteiger partial charge >= 0.3 is 5.97 Å². The highest BCUT2D eigenvalue weighted by molar-refractivity contribution is 6.43. The van der Waals surface area contributed by atoms with Crippen molar-refractivity contribution in [2.45, 2.75) is 20.3 Å². The average Bonchev–Trinajstić information content (AvgIpc) is 2.52. The lowest BCUT2D eigenvalue weighted by Gasteiger charge is -2.25. The van der Waals surface area contributed by atoms with Gasteiger partial charge < -0.3 is 14.7 Å². The number of carboxylic acid groups (broad SMARTS) is 1. The molecule has 0 aliphatic rings. The van der Waals surface area contributed by atoms with Gasteiger partial charge in [-0.05, 0) is 25.5 Å². The SMILES string of the molecule is CCOCCCN(CC(C)C(=O)O)C(=O)c1cccc(Cl)c1Cl. The number of nitrogens with zero attached hydrogens (tertiary/aromatic N) is 1. The molecule has 1 unspecified atom stereocenters. The fraction of sp³-hybridized carbons (Fsp3) is 0.500. The van der Waals surface area contributed by atoms with Gasteiger partial charge in [-0.15, -0.1) is 0 Å². The van der Waals surface area contributed by atoms with Crippen molar-refractivity contribution in [2.75, 3.05) is 26.3 Å². The van der Waals surface area contributed by atoms with E-state index in [1.54, 1.807) is 25.1 Å². The zero-order valence-corrected chi connectivity index (χ0v) is 14.7. The Morgan fingerprint density at radius 3 is 2.65 bits per heavy atom. The normalized spacial score (nSPS) is 12.0. The van der Waals surface area contributed by atoms with E-state index in [1.807, 2.05) is 6.92 Å². The Hall–Kier alpha value is -1.30. The van der Waals surface area contributed by atoms with E-state index in [4.69, 9.17) is 33.0 Å². The quantitative estimate of drug-likeness (QED) is 0.682. The van der Waals surface area contributed by atoms with E-state index in [2.05, 4.69) is 0 Å². The summed E-state index contributed by atoms with van der Waals surface area (Å²) in [6.45, 7) is 5.04. The molecule has 23 heavy (non-hydrogen) atoms. The molecule has 1 rings (SSSR count). The third-order valence-corrected chi connectivity index (χ3v) is 4.12. The lowest BCUT2D eigenvalue weighted by atomic mass is 10.1. The standard InChI is InChI=1S/C16H21Cl2NO4/c1-3-23-9-5-8-19(10-11(2)16(21)22)15(20)12-6-4-7-13(17)14(12)18/h4,6-7,11H,3,5,8-10H2,1-2H3,(H,21,22). The van der Waals surface area contributed by atoms with Crippen LogP contribution in [-0.4, -0.2) is 48.2 Å². The lowest BCUT2D eigenvalue weighted by molar-refractivity contribution is -0.141. The Morgan fingerprint density at radius 1 is 1.35 bits per heavy atom. The largest absolute Gasteiger partial charge is 0.481 e. The van der Waals surface area contributed by atoms with Gasteiger partial charge in [0.1, 0.15) is 0 Å². The molecule has 0 bridgehead atoms. The van der Waals surface area contributed by atoms with Crippen molar-refractivity contribution in [2.24, 2.45) is 5.92 Å². The number of carboxylic acids is 1. The van der Waals surface area contributed by atoms with Gasteiger partial charge in [0.15, 0.2) is 0 Å². The molecule has 5 nitrogen and oxygen atoms in total. The monoisotopic (exact) mass is 361 g/mol. The number of amides is 1. The van der Waals surface area contributed by atoms with Crippen molar-refractivity contribution < 1.29 is 19.4 Å². The maximum atomic E-state index is 12.7. The third kappa shape index (κ3) is 6.01. The summed E-state index contributed by atoms with van der Waals surface area (Å²) in [6.07, 6.45) is 0.615. The van der Waals surface area contributed by atoms with Crippen LogP contribution in [0.25, 0.3) is 0 Å². The summed E-state index contributed by atoms with van der Waals surface area (Å²) < 4.78 is 5.26. The first-order valence-electron chi connectivity index (χ1n) is 7.42. The minimum Gasteiger partial charge on any atom is -0.481 e. The van der Waals surface area contributed by atoms with Crippen LogP contribution in [0.4, 0.5) is 0 Å². The minimum absolute atomic E-state index is 0.100. The van der Waals surface area contributed by atoms with Crippen molar-refractivity contribution in [3.05, 3.63) is 33.8 Å². The van der Waals surface area contributed by atoms with Crippen molar-refractivity contribution in [3.63, 3.8) is 0 Å². The van der Waals surface area contributed by atoms with Gasteiger partial charge in [0, 0.05) is 26.3 Å². The van der Waals surface area contributed by atoms with Crippen LogP contribution in [0.5, 0.6) is 0 Å². The summed E-state index contributed by atoms with van der Waals surface area (Å²) in [6, 6.07) is 4.82. The van der Waals surface area contributed by atoms with E-state index in [0.717, 1.165) is 0 Å². The first kappa shape index (κ1) is 19.7. The molecule has 1 aromatic rings. The topological polar surface area (TPSA) is 66.8 Å². The number of hydrogen-bond donors (Lipinski definition) is 1. The zero-order valence-electron chi connectivity index (χ0n) is 13.2. The minimum atomic E-state index is -0.954. The summed E-state index contributed by atoms with van der Waals surface area (Å²) in [5.41, 5.74) is 0.271. The summed E-state index contributed by atoms with van der Waals surface area (Å²) in [7, 11) is 0. The van der Waals surface area contributed by atoms with Gasteiger partial charge in [-0.3, -0.25) is 9.59 Å². The summed E-state index contributed by atoms with van der Waals surface area (Å²) in [5, 5.41) is 9.55. The van der Waals surface area contributed by atoms with Crippen LogP contribution in [0.1, 0.15) is 30.6 Å². The highest BCUT2D eigenvalue weighted by Gasteiger charge is 2.23. The van der Waals surface area contributed by atoms with Gasteiger partial charge in [-0.2, -0.15) is 0 Å². The van der Waals surface area contributed by atoms with Crippen molar-refractivity contribution >= 4 is 35.1 Å². The maximum absolute atomic E-state index is 12.7. The number of carbonyl (C=O) groups excluding carboxylic acids is 1. The van der Waals surface area contributed by atoms with Crippen molar-refractivity contribution in [3.8, 4) is 0 Å². The molecule has 0 fully saturated rings. The molecule has 1 N–H and O–H groups in total. The molecular weight excluding hydrogens is 341 g/mol. The Labute approximate surface area is 146 Å². The number of rotatable bonds is 9. The molecule has 0 saturated carbocycles. The van der Waals surface area contributed by atoms with Gasteiger partial charge in [0.25, 0.3) is 5.91 Å². The van der Waals surface area contributed by atoms with Crippen LogP contribution in [0.15, 0.2) is 18.2 Å². The molecule has 1 atom stereocenters. The molecule has 128 valence electrons. The van der Waals surface area contributed by atoms with Crippen LogP contribution in [-0.2, 0) is 9.53 Å². The Balaban J connectivity index is 2.90. The van der Waals surface area contributed by atoms with Crippen LogP contribution < -0.4 is 0 Å². The molecule has 0 saturated heterocycles. The fourth-order valence-corrected chi connectivity index (χ4v) is 2.41. The maximum Gasteiger partial charge on any atom is 0.308 e. The summed E-state index contributed by atoms with van der Waals surface area (Å²) in [4.78, 5) is 25.3. The molecule has 0 aliphatic carbocycles. The highest BCUT2D eigenvalue weighted by atomic mass is 35.5. The number of hydrogen-bond acceptors (Lipinski definition) is 3. The third-order valence-electron chi connectivity index (χ3n) is 3.31. The number of aliphatic carboxylic acids is 1. The van der Waals surface area contributed by atoms with E-state index in [-0.39, 0.29) is 28.1 Å². The average molecular weight is 362 g/mol. The van der Waals surface area contributed by atoms with E-state index in [1.165, 1.54) is 4.90 Å². The molecule has 0 aromatic heterocycles. The molecule has 1 amide bonds. The predicted octanol–water partition coefficient (Wildman–Crippen LogP) is 3.58. The molecule has 1 aromatic carbocycles. The predicted molar refractivity (Wildman–Crippen MR) is 90.3 cm³/mol. The highest BCUT2D eigenvalue weighted by Crippen LogP contribution is 2.26. The van der Waals surface area contributed by atoms with E-state index < -0.39 is 11.9 Å². The van der Waals surface area contributed by atoms with Crippen molar-refractivity contribution in [1.82, 2.24) is 4.90 Å². The molecular formula is C16H21Cl2NO4. The number of ether oxygens (including phenoxy) is 1. The first-order valence-corrected chi connectivity index (χ1v) is 8.17. The van der Waals surface area contributed by atoms with E-state index in [0.29, 0.717) is 26.2 Å². The Kier molecular flexibility index (Phi) is 8.37. The van der Waals surface area contributed by atoms with E-state index >= 15 is 0 Å². The second-order valence-corrected chi connectivity index (χ2v) is 5.93. The number of halogens is 2. The zero-order chi connectivity index (χ0) is 17.4. The number of benzene rings is 1. The first-order chi connectivity index (χ1) is 10.9. The van der Waals surface area contributed by atoms with Gasteiger partial charge in [-0.25, -0.2) is 0 Å². The van der Waals surface area contributed by atoms with Crippen molar-refractivity contribution in [1.29, 1.82) is 0 Å². The van der Waals surface area contributed by atoms with Crippen LogP contribution in [0, 0.1) is 5.92 Å². The molecule has 0 radical (unpaired) electrons. The lowest BCUT2D eigenvalue weighted by Crippen LogP contribution is -2.38. The second-order valence-electron chi connectivity index (χ2n) is 5.14. The second kappa shape index (κ2) is 9.75. The Bertz CT molecular complexity index is 551. The molecule has 0 heterocycles. The smallest absolute Gasteiger partial charge is 0.308 e. The fourth-order valence-electron chi connectivity index (χ4n) is 2.03. The van der Waals surface area contributed by atoms with Gasteiger partial charge in [0.2, 0.25) is 0 Å². The number of carbonyl (C=O) groups is 2. The van der Waals surface area contributed by atoms with E-state index in [9.17, 15) is 9.59 Å². The van der Waals surface area contributed by atoms with Gasteiger partial charge in [0.05, 0.1) is 21.5 Å². The van der Waals surface area contributed by atoms with Crippen LogP contribution in [0.2, 0.25) is 10.0 Å². The van der Waals surface area contributed by atoms with Gasteiger partial charge in [-0.1, -0.05) is 36.2 Å². The van der Waals surface area contributed by atoms with Crippen LogP contribution >= 0.6 is 23.2 Å².